The number of hydrogen-bond donors (Lipinski definition) is 1. The molecule has 0 aromatic carbocycles. The van der Waals surface area contributed by atoms with Crippen LogP contribution in [0.5, 0.6) is 0 Å². The molecule has 0 aliphatic heterocycles. The number of rotatable bonds is 5. The Morgan fingerprint density at radius 2 is 1.82 bits per heavy atom. The Kier molecular flexibility index (Phi) is 6.36. The third-order valence-corrected chi connectivity index (χ3v) is 4.54. The van der Waals surface area contributed by atoms with E-state index in [1.807, 2.05) is 13.8 Å². The van der Waals surface area contributed by atoms with E-state index in [0.29, 0.717) is 17.8 Å². The third kappa shape index (κ3) is 5.21. The zero-order valence-electron chi connectivity index (χ0n) is 11.7. The quantitative estimate of drug-likeness (QED) is 0.758. The maximum absolute atomic E-state index is 9.78. The lowest BCUT2D eigenvalue weighted by molar-refractivity contribution is 0.0257. The fourth-order valence-electron chi connectivity index (χ4n) is 2.56. The van der Waals surface area contributed by atoms with Crippen molar-refractivity contribution in [2.24, 2.45) is 17.8 Å². The molecular formula is C13H27O3P. The molecule has 1 aliphatic carbocycles. The topological polar surface area (TPSA) is 38.7 Å². The summed E-state index contributed by atoms with van der Waals surface area (Å²) in [6.45, 7) is 10.6. The van der Waals surface area contributed by atoms with E-state index in [2.05, 4.69) is 20.8 Å². The Morgan fingerprint density at radius 3 is 2.35 bits per heavy atom. The summed E-state index contributed by atoms with van der Waals surface area (Å²) in [5, 5.41) is 0. The zero-order chi connectivity index (χ0) is 13.0. The van der Waals surface area contributed by atoms with E-state index in [4.69, 9.17) is 9.05 Å². The van der Waals surface area contributed by atoms with Crippen LogP contribution in [0.4, 0.5) is 0 Å². The molecule has 0 spiro atoms. The highest BCUT2D eigenvalue weighted by Crippen LogP contribution is 2.44. The molecule has 4 heteroatoms. The van der Waals surface area contributed by atoms with Gasteiger partial charge in [-0.1, -0.05) is 27.2 Å². The van der Waals surface area contributed by atoms with Crippen molar-refractivity contribution < 1.29 is 13.9 Å². The highest BCUT2D eigenvalue weighted by atomic mass is 31.2. The fourth-order valence-corrected chi connectivity index (χ4v) is 3.44. The van der Waals surface area contributed by atoms with Crippen molar-refractivity contribution in [3.63, 3.8) is 0 Å². The lowest BCUT2D eigenvalue weighted by Gasteiger charge is -2.37. The molecule has 0 aromatic heterocycles. The summed E-state index contributed by atoms with van der Waals surface area (Å²) < 4.78 is 11.1. The molecular weight excluding hydrogens is 235 g/mol. The van der Waals surface area contributed by atoms with Gasteiger partial charge in [0.1, 0.15) is 0 Å². The average molecular weight is 262 g/mol. The van der Waals surface area contributed by atoms with E-state index in [1.165, 1.54) is 12.8 Å². The summed E-state index contributed by atoms with van der Waals surface area (Å²) in [5.74, 6) is 1.85. The molecule has 1 saturated carbocycles. The first kappa shape index (κ1) is 15.4. The van der Waals surface area contributed by atoms with Crippen LogP contribution in [0, 0.1) is 17.8 Å². The molecule has 0 saturated heterocycles. The Morgan fingerprint density at radius 1 is 1.18 bits per heavy atom. The van der Waals surface area contributed by atoms with Crippen molar-refractivity contribution in [2.75, 3.05) is 0 Å². The molecule has 1 N–H and O–H groups in total. The second kappa shape index (κ2) is 7.04. The van der Waals surface area contributed by atoms with Gasteiger partial charge in [0.25, 0.3) is 0 Å². The standard InChI is InChI=1S/C13H27O3P/c1-9(2)12-7-6-11(5)8-13(12)16-17(14)15-10(3)4/h9-14H,6-8H2,1-5H3. The SMILES string of the molecule is CC1CCC(C(C)C)C(OP(O)OC(C)C)C1. The van der Waals surface area contributed by atoms with Crippen LogP contribution in [-0.4, -0.2) is 17.1 Å². The minimum Gasteiger partial charge on any atom is -0.328 e. The van der Waals surface area contributed by atoms with E-state index >= 15 is 0 Å². The molecule has 1 rings (SSSR count). The summed E-state index contributed by atoms with van der Waals surface area (Å²) in [7, 11) is -1.71. The molecule has 0 radical (unpaired) electrons. The van der Waals surface area contributed by atoms with Crippen LogP contribution in [0.15, 0.2) is 0 Å². The van der Waals surface area contributed by atoms with Crippen molar-refractivity contribution in [3.8, 4) is 0 Å². The predicted molar refractivity (Wildman–Crippen MR) is 71.6 cm³/mol. The summed E-state index contributed by atoms with van der Waals surface area (Å²) in [6, 6.07) is 0. The first-order valence-electron chi connectivity index (χ1n) is 6.72. The van der Waals surface area contributed by atoms with Gasteiger partial charge in [-0.2, -0.15) is 0 Å². The minimum absolute atomic E-state index is 0.0182. The molecule has 0 bridgehead atoms. The Balaban J connectivity index is 2.51. The zero-order valence-corrected chi connectivity index (χ0v) is 12.6. The van der Waals surface area contributed by atoms with Gasteiger partial charge < -0.3 is 13.9 Å². The Bertz CT molecular complexity index is 221. The van der Waals surface area contributed by atoms with E-state index in [1.54, 1.807) is 0 Å². The van der Waals surface area contributed by atoms with Gasteiger partial charge in [-0.15, -0.1) is 0 Å². The van der Waals surface area contributed by atoms with Crippen molar-refractivity contribution in [1.29, 1.82) is 0 Å². The monoisotopic (exact) mass is 262 g/mol. The smallest absolute Gasteiger partial charge is 0.328 e. The molecule has 102 valence electrons. The van der Waals surface area contributed by atoms with Crippen LogP contribution >= 0.6 is 8.60 Å². The maximum atomic E-state index is 9.78. The van der Waals surface area contributed by atoms with E-state index in [0.717, 1.165) is 6.42 Å². The van der Waals surface area contributed by atoms with Gasteiger partial charge in [-0.05, 0) is 44.4 Å². The van der Waals surface area contributed by atoms with E-state index in [-0.39, 0.29) is 12.2 Å². The average Bonchev–Trinajstić information content (AvgIpc) is 2.15. The highest BCUT2D eigenvalue weighted by molar-refractivity contribution is 7.40. The van der Waals surface area contributed by atoms with Gasteiger partial charge in [0.2, 0.25) is 0 Å². The summed E-state index contributed by atoms with van der Waals surface area (Å²) >= 11 is 0. The van der Waals surface area contributed by atoms with E-state index in [9.17, 15) is 4.89 Å². The highest BCUT2D eigenvalue weighted by Gasteiger charge is 2.33. The second-order valence-corrected chi connectivity index (χ2v) is 6.76. The first-order chi connectivity index (χ1) is 7.90. The first-order valence-corrected chi connectivity index (χ1v) is 7.85. The lowest BCUT2D eigenvalue weighted by atomic mass is 9.75. The molecule has 3 nitrogen and oxygen atoms in total. The van der Waals surface area contributed by atoms with Crippen LogP contribution in [0.1, 0.15) is 53.9 Å². The van der Waals surface area contributed by atoms with Gasteiger partial charge >= 0.3 is 8.60 Å². The Hall–Kier alpha value is 0.310. The molecule has 4 atom stereocenters. The molecule has 17 heavy (non-hydrogen) atoms. The van der Waals surface area contributed by atoms with Crippen LogP contribution in [0.25, 0.3) is 0 Å². The molecule has 1 aliphatic rings. The summed E-state index contributed by atoms with van der Waals surface area (Å²) in [5.41, 5.74) is 0. The molecule has 0 amide bonds. The minimum atomic E-state index is -1.71. The van der Waals surface area contributed by atoms with Crippen molar-refractivity contribution >= 4 is 8.60 Å². The van der Waals surface area contributed by atoms with Gasteiger partial charge in [0.05, 0.1) is 12.2 Å². The third-order valence-electron chi connectivity index (χ3n) is 3.49. The van der Waals surface area contributed by atoms with Gasteiger partial charge in [-0.3, -0.25) is 0 Å². The van der Waals surface area contributed by atoms with Crippen LogP contribution in [-0.2, 0) is 9.05 Å². The normalized spacial score (nSPS) is 32.1. The van der Waals surface area contributed by atoms with Crippen LogP contribution < -0.4 is 0 Å². The Labute approximate surface area is 107 Å². The van der Waals surface area contributed by atoms with E-state index < -0.39 is 8.60 Å². The van der Waals surface area contributed by atoms with Crippen LogP contribution in [0.3, 0.4) is 0 Å². The summed E-state index contributed by atoms with van der Waals surface area (Å²) in [4.78, 5) is 9.78. The van der Waals surface area contributed by atoms with Gasteiger partial charge in [0.15, 0.2) is 0 Å². The maximum Gasteiger partial charge on any atom is 0.330 e. The van der Waals surface area contributed by atoms with Crippen molar-refractivity contribution in [2.45, 2.75) is 66.1 Å². The molecule has 0 heterocycles. The van der Waals surface area contributed by atoms with Gasteiger partial charge in [-0.25, -0.2) is 0 Å². The molecule has 0 aromatic rings. The second-order valence-electron chi connectivity index (χ2n) is 5.86. The van der Waals surface area contributed by atoms with Crippen molar-refractivity contribution in [3.05, 3.63) is 0 Å². The number of hydrogen-bond acceptors (Lipinski definition) is 3. The summed E-state index contributed by atoms with van der Waals surface area (Å²) in [6.07, 6.45) is 3.70. The molecule has 1 fully saturated rings. The molecule has 4 unspecified atom stereocenters. The van der Waals surface area contributed by atoms with Gasteiger partial charge in [0, 0.05) is 0 Å². The van der Waals surface area contributed by atoms with Crippen LogP contribution in [0.2, 0.25) is 0 Å². The lowest BCUT2D eigenvalue weighted by Crippen LogP contribution is -2.33. The fraction of sp³-hybridized carbons (Fsp3) is 1.00. The largest absolute Gasteiger partial charge is 0.330 e. The van der Waals surface area contributed by atoms with Crippen molar-refractivity contribution in [1.82, 2.24) is 0 Å². The predicted octanol–water partition coefficient (Wildman–Crippen LogP) is 4.11.